The summed E-state index contributed by atoms with van der Waals surface area (Å²) in [5, 5.41) is 0. The van der Waals surface area contributed by atoms with E-state index in [9.17, 15) is 26.0 Å². The molecule has 0 aliphatic rings. The van der Waals surface area contributed by atoms with Crippen LogP contribution in [0.25, 0.3) is 22.5 Å². The fourth-order valence-electron chi connectivity index (χ4n) is 3.08. The largest absolute Gasteiger partial charge is 0.337 e. The molecular formula is C19H16F4N2O2S. The molecule has 0 radical (unpaired) electrons. The van der Waals surface area contributed by atoms with E-state index < -0.39 is 38.6 Å². The molecule has 28 heavy (non-hydrogen) atoms. The number of alkyl halides is 2. The Labute approximate surface area is 159 Å². The molecule has 0 aliphatic carbocycles. The summed E-state index contributed by atoms with van der Waals surface area (Å²) in [6.45, 7) is 3.63. The van der Waals surface area contributed by atoms with Crippen molar-refractivity contribution in [2.45, 2.75) is 25.2 Å². The fourth-order valence-corrected chi connectivity index (χ4v) is 3.91. The highest BCUT2D eigenvalue weighted by Gasteiger charge is 2.24. The lowest BCUT2D eigenvalue weighted by Gasteiger charge is -2.09. The van der Waals surface area contributed by atoms with Crippen molar-refractivity contribution in [2.24, 2.45) is 0 Å². The summed E-state index contributed by atoms with van der Waals surface area (Å²) in [5.74, 6) is -3.27. The summed E-state index contributed by atoms with van der Waals surface area (Å²) < 4.78 is 78.2. The van der Waals surface area contributed by atoms with Crippen LogP contribution in [0, 0.1) is 25.5 Å². The standard InChI is InChI=1S/C19H16F4N2O2S/c1-9-4-10(2)6-11(5-9)15-16(25-19(24-15)18(22)23)12-7-13(20)17(14(21)8-12)28(3,26)27/h4-8,18H,1-3H3,(H,24,25). The highest BCUT2D eigenvalue weighted by atomic mass is 32.2. The van der Waals surface area contributed by atoms with Gasteiger partial charge >= 0.3 is 0 Å². The van der Waals surface area contributed by atoms with E-state index in [1.54, 1.807) is 12.1 Å². The van der Waals surface area contributed by atoms with Crippen LogP contribution < -0.4 is 0 Å². The van der Waals surface area contributed by atoms with Gasteiger partial charge in [0.15, 0.2) is 15.7 Å². The Bertz CT molecular complexity index is 1130. The zero-order chi connectivity index (χ0) is 20.8. The molecule has 0 bridgehead atoms. The van der Waals surface area contributed by atoms with Crippen LogP contribution in [0.4, 0.5) is 17.6 Å². The van der Waals surface area contributed by atoms with Gasteiger partial charge in [-0.25, -0.2) is 31.0 Å². The van der Waals surface area contributed by atoms with Gasteiger partial charge in [0, 0.05) is 17.4 Å². The second kappa shape index (κ2) is 7.05. The van der Waals surface area contributed by atoms with Crippen molar-refractivity contribution in [1.82, 2.24) is 9.97 Å². The second-order valence-electron chi connectivity index (χ2n) is 6.56. The third-order valence-electron chi connectivity index (χ3n) is 4.08. The SMILES string of the molecule is Cc1cc(C)cc(-c2nc(C(F)F)[nH]c2-c2cc(F)c(S(C)(=O)=O)c(F)c2)c1. The van der Waals surface area contributed by atoms with Crippen molar-refractivity contribution >= 4 is 9.84 Å². The average molecular weight is 412 g/mol. The van der Waals surface area contributed by atoms with E-state index in [-0.39, 0.29) is 17.0 Å². The molecule has 1 heterocycles. The molecule has 0 fully saturated rings. The number of H-pyrrole nitrogens is 1. The first-order chi connectivity index (χ1) is 13.0. The van der Waals surface area contributed by atoms with Crippen molar-refractivity contribution in [3.8, 4) is 22.5 Å². The molecule has 0 atom stereocenters. The van der Waals surface area contributed by atoms with Gasteiger partial charge in [-0.3, -0.25) is 0 Å². The lowest BCUT2D eigenvalue weighted by atomic mass is 10.0. The van der Waals surface area contributed by atoms with E-state index >= 15 is 0 Å². The number of aryl methyl sites for hydroxylation is 2. The van der Waals surface area contributed by atoms with Crippen LogP contribution in [0.3, 0.4) is 0 Å². The van der Waals surface area contributed by atoms with Crippen LogP contribution >= 0.6 is 0 Å². The number of nitrogens with zero attached hydrogens (tertiary/aromatic N) is 1. The minimum Gasteiger partial charge on any atom is -0.337 e. The van der Waals surface area contributed by atoms with E-state index in [0.717, 1.165) is 23.3 Å². The average Bonchev–Trinajstić information content (AvgIpc) is 2.97. The van der Waals surface area contributed by atoms with Gasteiger partial charge in [-0.1, -0.05) is 17.2 Å². The second-order valence-corrected chi connectivity index (χ2v) is 8.52. The first-order valence-electron chi connectivity index (χ1n) is 8.13. The van der Waals surface area contributed by atoms with Crippen molar-refractivity contribution in [3.05, 3.63) is 58.9 Å². The maximum absolute atomic E-state index is 14.3. The maximum Gasteiger partial charge on any atom is 0.295 e. The van der Waals surface area contributed by atoms with E-state index in [4.69, 9.17) is 0 Å². The molecule has 2 aromatic carbocycles. The number of sulfone groups is 1. The highest BCUT2D eigenvalue weighted by molar-refractivity contribution is 7.90. The first-order valence-corrected chi connectivity index (χ1v) is 10.0. The number of hydrogen-bond acceptors (Lipinski definition) is 3. The molecule has 9 heteroatoms. The number of benzene rings is 2. The Morgan fingerprint density at radius 3 is 1.93 bits per heavy atom. The predicted molar refractivity (Wildman–Crippen MR) is 96.9 cm³/mol. The molecule has 0 unspecified atom stereocenters. The lowest BCUT2D eigenvalue weighted by Crippen LogP contribution is -2.05. The minimum absolute atomic E-state index is 0.0295. The molecule has 3 aromatic rings. The molecule has 3 rings (SSSR count). The van der Waals surface area contributed by atoms with Gasteiger partial charge in [-0.05, 0) is 38.1 Å². The van der Waals surface area contributed by atoms with Crippen LogP contribution in [-0.4, -0.2) is 24.6 Å². The van der Waals surface area contributed by atoms with Crippen molar-refractivity contribution < 1.29 is 26.0 Å². The number of rotatable bonds is 4. The number of aromatic nitrogens is 2. The molecular weight excluding hydrogens is 396 g/mol. The van der Waals surface area contributed by atoms with Crippen molar-refractivity contribution in [2.75, 3.05) is 6.26 Å². The summed E-state index contributed by atoms with van der Waals surface area (Å²) in [6.07, 6.45) is -2.25. The summed E-state index contributed by atoms with van der Waals surface area (Å²) in [5.41, 5.74) is 2.13. The van der Waals surface area contributed by atoms with E-state index in [1.165, 1.54) is 0 Å². The summed E-state index contributed by atoms with van der Waals surface area (Å²) >= 11 is 0. The summed E-state index contributed by atoms with van der Waals surface area (Å²) in [7, 11) is -4.14. The fraction of sp³-hybridized carbons (Fsp3) is 0.211. The minimum atomic E-state index is -4.14. The highest BCUT2D eigenvalue weighted by Crippen LogP contribution is 2.35. The van der Waals surface area contributed by atoms with Gasteiger partial charge in [0.2, 0.25) is 0 Å². The summed E-state index contributed by atoms with van der Waals surface area (Å²) in [4.78, 5) is 5.23. The van der Waals surface area contributed by atoms with Gasteiger partial charge < -0.3 is 4.98 Å². The smallest absolute Gasteiger partial charge is 0.295 e. The molecule has 0 saturated carbocycles. The van der Waals surface area contributed by atoms with Gasteiger partial charge in [0.1, 0.15) is 16.5 Å². The zero-order valence-electron chi connectivity index (χ0n) is 15.1. The van der Waals surface area contributed by atoms with Crippen LogP contribution in [0.15, 0.2) is 35.2 Å². The van der Waals surface area contributed by atoms with Gasteiger partial charge in [-0.2, -0.15) is 0 Å². The number of aromatic amines is 1. The Morgan fingerprint density at radius 1 is 0.929 bits per heavy atom. The molecule has 0 amide bonds. The number of imidazole rings is 1. The van der Waals surface area contributed by atoms with Gasteiger partial charge in [0.05, 0.1) is 11.4 Å². The molecule has 4 nitrogen and oxygen atoms in total. The molecule has 148 valence electrons. The van der Waals surface area contributed by atoms with Gasteiger partial charge in [-0.15, -0.1) is 0 Å². The molecule has 1 N–H and O–H groups in total. The lowest BCUT2D eigenvalue weighted by molar-refractivity contribution is 0.141. The third kappa shape index (κ3) is 3.80. The third-order valence-corrected chi connectivity index (χ3v) is 5.21. The number of halogens is 4. The molecule has 0 saturated heterocycles. The number of nitrogens with one attached hydrogen (secondary N) is 1. The zero-order valence-corrected chi connectivity index (χ0v) is 16.0. The number of hydrogen-bond donors (Lipinski definition) is 1. The van der Waals surface area contributed by atoms with E-state index in [1.807, 2.05) is 19.9 Å². The van der Waals surface area contributed by atoms with Crippen molar-refractivity contribution in [3.63, 3.8) is 0 Å². The molecule has 0 aliphatic heterocycles. The quantitative estimate of drug-likeness (QED) is 0.615. The first kappa shape index (κ1) is 20.1. The van der Waals surface area contributed by atoms with Crippen LogP contribution in [0.1, 0.15) is 23.4 Å². The molecule has 1 aromatic heterocycles. The Morgan fingerprint density at radius 2 is 1.46 bits per heavy atom. The maximum atomic E-state index is 14.3. The molecule has 0 spiro atoms. The van der Waals surface area contributed by atoms with Crippen LogP contribution in [0.2, 0.25) is 0 Å². The summed E-state index contributed by atoms with van der Waals surface area (Å²) in [6, 6.07) is 6.87. The monoisotopic (exact) mass is 412 g/mol. The van der Waals surface area contributed by atoms with Crippen LogP contribution in [0.5, 0.6) is 0 Å². The van der Waals surface area contributed by atoms with Gasteiger partial charge in [0.25, 0.3) is 6.43 Å². The topological polar surface area (TPSA) is 62.8 Å². The van der Waals surface area contributed by atoms with E-state index in [0.29, 0.717) is 11.8 Å². The normalized spacial score (nSPS) is 12.0. The van der Waals surface area contributed by atoms with Crippen LogP contribution in [-0.2, 0) is 9.84 Å². The van der Waals surface area contributed by atoms with Crippen molar-refractivity contribution in [1.29, 1.82) is 0 Å². The Balaban J connectivity index is 2.28. The predicted octanol–water partition coefficient (Wildman–Crippen LogP) is 4.98. The Kier molecular flexibility index (Phi) is 5.05. The Hall–Kier alpha value is -2.68. The van der Waals surface area contributed by atoms with E-state index in [2.05, 4.69) is 9.97 Å².